The molecule has 23 heavy (non-hydrogen) atoms. The van der Waals surface area contributed by atoms with Crippen molar-refractivity contribution in [2.75, 3.05) is 7.05 Å². The van der Waals surface area contributed by atoms with E-state index < -0.39 is 0 Å². The Morgan fingerprint density at radius 2 is 1.87 bits per heavy atom. The molecule has 1 aliphatic heterocycles. The molecule has 3 aliphatic carbocycles. The highest BCUT2D eigenvalue weighted by molar-refractivity contribution is 5.98. The third-order valence-electron chi connectivity index (χ3n) is 6.88. The van der Waals surface area contributed by atoms with Crippen LogP contribution in [0.1, 0.15) is 51.9 Å². The number of imide groups is 1. The largest absolute Gasteiger partial charge is 0.327 e. The summed E-state index contributed by atoms with van der Waals surface area (Å²) < 4.78 is 0. The van der Waals surface area contributed by atoms with E-state index in [0.29, 0.717) is 17.8 Å². The molecular formula is C19H28N2O2. The van der Waals surface area contributed by atoms with E-state index in [-0.39, 0.29) is 29.9 Å². The second-order valence-corrected chi connectivity index (χ2v) is 8.12. The lowest BCUT2D eigenvalue weighted by Crippen LogP contribution is -2.48. The zero-order valence-electron chi connectivity index (χ0n) is 14.3. The summed E-state index contributed by atoms with van der Waals surface area (Å²) in [5, 5.41) is 0. The number of nitrogens with zero attached hydrogens (tertiary/aromatic N) is 2. The van der Waals surface area contributed by atoms with Gasteiger partial charge in [0, 0.05) is 13.0 Å². The van der Waals surface area contributed by atoms with E-state index in [2.05, 4.69) is 19.1 Å². The van der Waals surface area contributed by atoms with Crippen LogP contribution in [-0.2, 0) is 4.79 Å². The first-order valence-electron chi connectivity index (χ1n) is 9.36. The number of amides is 3. The summed E-state index contributed by atoms with van der Waals surface area (Å²) in [4.78, 5) is 29.5. The number of carbonyl (C=O) groups is 2. The zero-order valence-corrected chi connectivity index (χ0v) is 14.3. The third-order valence-corrected chi connectivity index (χ3v) is 6.88. The number of rotatable bonds is 2. The normalized spacial score (nSPS) is 40.4. The van der Waals surface area contributed by atoms with Crippen LogP contribution < -0.4 is 0 Å². The Kier molecular flexibility index (Phi) is 3.73. The van der Waals surface area contributed by atoms with Crippen LogP contribution in [0, 0.1) is 23.7 Å². The molecule has 4 heteroatoms. The van der Waals surface area contributed by atoms with Crippen LogP contribution in [0.5, 0.6) is 0 Å². The molecule has 5 atom stereocenters. The number of urea groups is 1. The van der Waals surface area contributed by atoms with Crippen molar-refractivity contribution in [2.24, 2.45) is 23.7 Å². The van der Waals surface area contributed by atoms with Crippen molar-refractivity contribution in [3.8, 4) is 0 Å². The number of fused-ring (bicyclic) bond motifs is 2. The fourth-order valence-corrected chi connectivity index (χ4v) is 5.48. The highest BCUT2D eigenvalue weighted by Gasteiger charge is 2.52. The Morgan fingerprint density at radius 3 is 2.48 bits per heavy atom. The molecule has 2 bridgehead atoms. The summed E-state index contributed by atoms with van der Waals surface area (Å²) in [6.07, 6.45) is 12.6. The van der Waals surface area contributed by atoms with Crippen molar-refractivity contribution in [3.05, 3.63) is 12.2 Å². The number of allylic oxidation sites excluding steroid dienone is 2. The molecule has 4 rings (SSSR count). The van der Waals surface area contributed by atoms with Crippen molar-refractivity contribution < 1.29 is 9.59 Å². The Morgan fingerprint density at radius 1 is 1.13 bits per heavy atom. The van der Waals surface area contributed by atoms with Crippen LogP contribution in [0.4, 0.5) is 4.79 Å². The maximum absolute atomic E-state index is 13.2. The molecular weight excluding hydrogens is 288 g/mol. The van der Waals surface area contributed by atoms with Crippen LogP contribution >= 0.6 is 0 Å². The van der Waals surface area contributed by atoms with Gasteiger partial charge in [-0.1, -0.05) is 31.4 Å². The maximum Gasteiger partial charge on any atom is 0.327 e. The van der Waals surface area contributed by atoms with E-state index in [1.165, 1.54) is 19.3 Å². The minimum absolute atomic E-state index is 0.0405. The summed E-state index contributed by atoms with van der Waals surface area (Å²) in [5.74, 6) is 1.58. The molecule has 0 unspecified atom stereocenters. The highest BCUT2D eigenvalue weighted by Crippen LogP contribution is 2.46. The molecule has 3 amide bonds. The van der Waals surface area contributed by atoms with Crippen LogP contribution in [0.3, 0.4) is 0 Å². The van der Waals surface area contributed by atoms with Crippen molar-refractivity contribution >= 4 is 11.9 Å². The summed E-state index contributed by atoms with van der Waals surface area (Å²) >= 11 is 0. The Balaban J connectivity index is 1.59. The molecule has 0 aromatic carbocycles. The van der Waals surface area contributed by atoms with Gasteiger partial charge in [0.15, 0.2) is 0 Å². The standard InChI is InChI=1S/C19H28N2O2/c1-12-17(14-6-4-3-5-7-14)21(19(23)20(12)2)18(22)16-11-13-8-9-15(16)10-13/h8-9,12-17H,3-7,10-11H2,1-2H3/t12-,13+,15-,16+,17-/m0/s1. The summed E-state index contributed by atoms with van der Waals surface area (Å²) in [7, 11) is 1.86. The van der Waals surface area contributed by atoms with Crippen molar-refractivity contribution in [1.29, 1.82) is 0 Å². The summed E-state index contributed by atoms with van der Waals surface area (Å²) in [6.45, 7) is 2.12. The molecule has 1 saturated heterocycles. The third kappa shape index (κ3) is 2.33. The molecule has 0 radical (unpaired) electrons. The number of hydrogen-bond acceptors (Lipinski definition) is 2. The predicted octanol–water partition coefficient (Wildman–Crippen LogP) is 3.43. The first-order valence-corrected chi connectivity index (χ1v) is 9.36. The Hall–Kier alpha value is -1.32. The van der Waals surface area contributed by atoms with Crippen molar-refractivity contribution in [3.63, 3.8) is 0 Å². The van der Waals surface area contributed by atoms with Gasteiger partial charge in [0.1, 0.15) is 0 Å². The first kappa shape index (κ1) is 15.2. The monoisotopic (exact) mass is 316 g/mol. The topological polar surface area (TPSA) is 40.6 Å². The minimum atomic E-state index is -0.0650. The molecule has 4 nitrogen and oxygen atoms in total. The first-order chi connectivity index (χ1) is 11.1. The van der Waals surface area contributed by atoms with Crippen LogP contribution in [0.2, 0.25) is 0 Å². The fourth-order valence-electron chi connectivity index (χ4n) is 5.48. The van der Waals surface area contributed by atoms with E-state index in [4.69, 9.17) is 0 Å². The smallest absolute Gasteiger partial charge is 0.323 e. The van der Waals surface area contributed by atoms with E-state index in [9.17, 15) is 9.59 Å². The quantitative estimate of drug-likeness (QED) is 0.732. The molecule has 4 aliphatic rings. The van der Waals surface area contributed by atoms with Gasteiger partial charge in [-0.15, -0.1) is 0 Å². The summed E-state index contributed by atoms with van der Waals surface area (Å²) in [5.41, 5.74) is 0. The highest BCUT2D eigenvalue weighted by atomic mass is 16.2. The molecule has 0 aromatic heterocycles. The predicted molar refractivity (Wildman–Crippen MR) is 88.7 cm³/mol. The van der Waals surface area contributed by atoms with Gasteiger partial charge in [0.25, 0.3) is 0 Å². The second-order valence-electron chi connectivity index (χ2n) is 8.12. The van der Waals surface area contributed by atoms with Gasteiger partial charge in [-0.05, 0) is 50.4 Å². The molecule has 1 heterocycles. The molecule has 0 N–H and O–H groups in total. The van der Waals surface area contributed by atoms with E-state index >= 15 is 0 Å². The molecule has 0 spiro atoms. The molecule has 2 saturated carbocycles. The van der Waals surface area contributed by atoms with Gasteiger partial charge in [0.2, 0.25) is 5.91 Å². The van der Waals surface area contributed by atoms with Crippen LogP contribution in [0.25, 0.3) is 0 Å². The lowest BCUT2D eigenvalue weighted by Gasteiger charge is -2.35. The molecule has 0 aromatic rings. The van der Waals surface area contributed by atoms with Gasteiger partial charge in [0.05, 0.1) is 12.1 Å². The van der Waals surface area contributed by atoms with Crippen LogP contribution in [-0.4, -0.2) is 40.9 Å². The number of likely N-dealkylation sites (N-methyl/N-ethyl adjacent to an activating group) is 1. The van der Waals surface area contributed by atoms with Gasteiger partial charge in [-0.2, -0.15) is 0 Å². The lowest BCUT2D eigenvalue weighted by atomic mass is 9.80. The maximum atomic E-state index is 13.2. The number of hydrogen-bond donors (Lipinski definition) is 0. The SMILES string of the molecule is C[C@H]1[C@@H](C2CCCCC2)N(C(=O)[C@@H]2C[C@@H]3C=C[C@H]2C3)C(=O)N1C. The Labute approximate surface area is 138 Å². The van der Waals surface area contributed by atoms with E-state index in [0.717, 1.165) is 25.7 Å². The van der Waals surface area contributed by atoms with Gasteiger partial charge in [-0.3, -0.25) is 9.69 Å². The molecule has 3 fully saturated rings. The van der Waals surface area contributed by atoms with E-state index in [1.54, 1.807) is 9.80 Å². The zero-order chi connectivity index (χ0) is 16.1. The molecule has 126 valence electrons. The second kappa shape index (κ2) is 5.64. The number of carbonyl (C=O) groups excluding carboxylic acids is 2. The van der Waals surface area contributed by atoms with E-state index in [1.807, 2.05) is 7.05 Å². The fraction of sp³-hybridized carbons (Fsp3) is 0.789. The lowest BCUT2D eigenvalue weighted by molar-refractivity contribution is -0.135. The van der Waals surface area contributed by atoms with Crippen molar-refractivity contribution in [1.82, 2.24) is 9.80 Å². The van der Waals surface area contributed by atoms with Gasteiger partial charge in [-0.25, -0.2) is 4.79 Å². The van der Waals surface area contributed by atoms with Gasteiger partial charge >= 0.3 is 6.03 Å². The Bertz CT molecular complexity index is 537. The van der Waals surface area contributed by atoms with Crippen LogP contribution in [0.15, 0.2) is 12.2 Å². The van der Waals surface area contributed by atoms with Crippen molar-refractivity contribution in [2.45, 2.75) is 64.0 Å². The average molecular weight is 316 g/mol. The average Bonchev–Trinajstić information content (AvgIpc) is 3.25. The van der Waals surface area contributed by atoms with Gasteiger partial charge < -0.3 is 4.90 Å². The summed E-state index contributed by atoms with van der Waals surface area (Å²) in [6, 6.07) is 0.164. The minimum Gasteiger partial charge on any atom is -0.323 e.